The lowest BCUT2D eigenvalue weighted by Crippen LogP contribution is -2.44. The highest BCUT2D eigenvalue weighted by molar-refractivity contribution is 5.84. The summed E-state index contributed by atoms with van der Waals surface area (Å²) in [5, 5.41) is 3.33. The van der Waals surface area contributed by atoms with Crippen molar-refractivity contribution in [3.05, 3.63) is 74.9 Å². The first-order valence-corrected chi connectivity index (χ1v) is 9.96. The molecule has 1 N–H and O–H groups in total. The number of aryl methyl sites for hydroxylation is 1. The Morgan fingerprint density at radius 3 is 2.45 bits per heavy atom. The predicted octanol–water partition coefficient (Wildman–Crippen LogP) is 3.18. The number of nitrogens with one attached hydrogen (secondary N) is 1. The lowest BCUT2D eigenvalue weighted by atomic mass is 10.1. The van der Waals surface area contributed by atoms with Crippen LogP contribution in [0.1, 0.15) is 38.8 Å². The zero-order valence-corrected chi connectivity index (χ0v) is 17.3. The molecular formula is C23H27N3O3. The van der Waals surface area contributed by atoms with Gasteiger partial charge in [-0.25, -0.2) is 9.36 Å². The number of nitrogens with zero attached hydrogens (tertiary/aromatic N) is 2. The van der Waals surface area contributed by atoms with E-state index in [9.17, 15) is 14.4 Å². The van der Waals surface area contributed by atoms with E-state index in [1.165, 1.54) is 4.57 Å². The molecule has 0 aliphatic rings. The van der Waals surface area contributed by atoms with Crippen LogP contribution < -0.4 is 16.6 Å². The fourth-order valence-electron chi connectivity index (χ4n) is 3.49. The van der Waals surface area contributed by atoms with Gasteiger partial charge in [0.15, 0.2) is 0 Å². The molecule has 1 aromatic heterocycles. The first kappa shape index (κ1) is 20.6. The average Bonchev–Trinajstić information content (AvgIpc) is 2.69. The lowest BCUT2D eigenvalue weighted by Gasteiger charge is -2.22. The molecule has 6 heteroatoms. The van der Waals surface area contributed by atoms with Crippen LogP contribution in [0, 0.1) is 12.8 Å². The molecule has 6 nitrogen and oxygen atoms in total. The number of carbonyl (C=O) groups is 1. The van der Waals surface area contributed by atoms with Crippen LogP contribution >= 0.6 is 0 Å². The quantitative estimate of drug-likeness (QED) is 0.699. The highest BCUT2D eigenvalue weighted by Gasteiger charge is 2.25. The monoisotopic (exact) mass is 393 g/mol. The third-order valence-corrected chi connectivity index (χ3v) is 4.94. The maximum Gasteiger partial charge on any atom is 0.336 e. The number of para-hydroxylation sites is 1. The van der Waals surface area contributed by atoms with Crippen LogP contribution in [0.2, 0.25) is 0 Å². The Labute approximate surface area is 169 Å². The number of carbonyl (C=O) groups excluding carboxylic acids is 1. The molecule has 29 heavy (non-hydrogen) atoms. The van der Waals surface area contributed by atoms with E-state index in [4.69, 9.17) is 0 Å². The molecule has 0 bridgehead atoms. The van der Waals surface area contributed by atoms with Gasteiger partial charge in [0.2, 0.25) is 5.91 Å². The second-order valence-electron chi connectivity index (χ2n) is 7.71. The fourth-order valence-corrected chi connectivity index (χ4v) is 3.49. The Morgan fingerprint density at radius 2 is 1.79 bits per heavy atom. The van der Waals surface area contributed by atoms with E-state index in [0.29, 0.717) is 35.5 Å². The summed E-state index contributed by atoms with van der Waals surface area (Å²) >= 11 is 0. The molecule has 0 saturated heterocycles. The summed E-state index contributed by atoms with van der Waals surface area (Å²) < 4.78 is 2.61. The highest BCUT2D eigenvalue weighted by Crippen LogP contribution is 2.18. The van der Waals surface area contributed by atoms with E-state index < -0.39 is 11.7 Å². The standard InChI is InChI=1S/C23H27N3O3/c1-5-19(21(27)24-14-15(2)3)26-20-12-7-6-11-18(20)22(28)25(23(26)29)17-10-8-9-16(4)13-17/h6-13,15,19H,5,14H2,1-4H3,(H,24,27). The van der Waals surface area contributed by atoms with Crippen LogP contribution in [0.15, 0.2) is 58.1 Å². The van der Waals surface area contributed by atoms with Crippen LogP contribution in [0.4, 0.5) is 0 Å². The van der Waals surface area contributed by atoms with E-state index in [1.54, 1.807) is 36.4 Å². The first-order valence-electron chi connectivity index (χ1n) is 9.96. The number of hydrogen-bond acceptors (Lipinski definition) is 3. The Bertz CT molecular complexity index is 1160. The zero-order chi connectivity index (χ0) is 21.1. The molecule has 1 heterocycles. The third-order valence-electron chi connectivity index (χ3n) is 4.94. The number of amides is 1. The van der Waals surface area contributed by atoms with Gasteiger partial charge in [-0.3, -0.25) is 14.2 Å². The molecule has 0 aliphatic heterocycles. The number of rotatable bonds is 6. The van der Waals surface area contributed by atoms with Crippen molar-refractivity contribution >= 4 is 16.8 Å². The van der Waals surface area contributed by atoms with Gasteiger partial charge in [-0.2, -0.15) is 0 Å². The molecule has 1 unspecified atom stereocenters. The van der Waals surface area contributed by atoms with Gasteiger partial charge in [-0.05, 0) is 49.1 Å². The molecule has 3 rings (SSSR count). The number of benzene rings is 2. The average molecular weight is 393 g/mol. The summed E-state index contributed by atoms with van der Waals surface area (Å²) in [6.07, 6.45) is 0.430. The van der Waals surface area contributed by atoms with Gasteiger partial charge in [0, 0.05) is 6.54 Å². The molecule has 0 aliphatic carbocycles. The van der Waals surface area contributed by atoms with E-state index in [1.807, 2.05) is 39.8 Å². The van der Waals surface area contributed by atoms with Crippen LogP contribution in [-0.2, 0) is 4.79 Å². The molecule has 152 valence electrons. The minimum atomic E-state index is -0.706. The number of aromatic nitrogens is 2. The van der Waals surface area contributed by atoms with Gasteiger partial charge in [0.25, 0.3) is 5.56 Å². The predicted molar refractivity (Wildman–Crippen MR) is 116 cm³/mol. The first-order chi connectivity index (χ1) is 13.8. The Hall–Kier alpha value is -3.15. The minimum Gasteiger partial charge on any atom is -0.354 e. The van der Waals surface area contributed by atoms with Crippen molar-refractivity contribution in [2.45, 2.75) is 40.2 Å². The maximum atomic E-state index is 13.5. The van der Waals surface area contributed by atoms with Crippen LogP contribution in [0.25, 0.3) is 16.6 Å². The summed E-state index contributed by atoms with van der Waals surface area (Å²) in [5.74, 6) is 0.0778. The van der Waals surface area contributed by atoms with E-state index in [0.717, 1.165) is 10.1 Å². The molecule has 0 saturated carbocycles. The van der Waals surface area contributed by atoms with E-state index in [2.05, 4.69) is 5.32 Å². The Kier molecular flexibility index (Phi) is 6.01. The molecule has 0 spiro atoms. The van der Waals surface area contributed by atoms with Crippen molar-refractivity contribution in [2.75, 3.05) is 6.54 Å². The van der Waals surface area contributed by atoms with Crippen molar-refractivity contribution < 1.29 is 4.79 Å². The number of fused-ring (bicyclic) bond motifs is 1. The van der Waals surface area contributed by atoms with Crippen molar-refractivity contribution in [2.24, 2.45) is 5.92 Å². The number of hydrogen-bond donors (Lipinski definition) is 1. The summed E-state index contributed by atoms with van der Waals surface area (Å²) in [6, 6.07) is 13.5. The third kappa shape index (κ3) is 4.01. The fraction of sp³-hybridized carbons (Fsp3) is 0.348. The summed E-state index contributed by atoms with van der Waals surface area (Å²) in [5.41, 5.74) is 1.01. The van der Waals surface area contributed by atoms with Gasteiger partial charge in [0.1, 0.15) is 6.04 Å². The van der Waals surface area contributed by atoms with E-state index >= 15 is 0 Å². The molecule has 2 aromatic carbocycles. The molecule has 0 radical (unpaired) electrons. The largest absolute Gasteiger partial charge is 0.354 e. The minimum absolute atomic E-state index is 0.220. The van der Waals surface area contributed by atoms with Crippen molar-refractivity contribution in [1.29, 1.82) is 0 Å². The van der Waals surface area contributed by atoms with Crippen LogP contribution in [0.3, 0.4) is 0 Å². The summed E-state index contributed by atoms with van der Waals surface area (Å²) in [4.78, 5) is 39.6. The van der Waals surface area contributed by atoms with Crippen molar-refractivity contribution in [1.82, 2.24) is 14.5 Å². The molecular weight excluding hydrogens is 366 g/mol. The van der Waals surface area contributed by atoms with E-state index in [-0.39, 0.29) is 11.5 Å². The van der Waals surface area contributed by atoms with Crippen LogP contribution in [-0.4, -0.2) is 21.6 Å². The molecule has 1 atom stereocenters. The normalized spacial score (nSPS) is 12.3. The Balaban J connectivity index is 2.30. The highest BCUT2D eigenvalue weighted by atomic mass is 16.2. The van der Waals surface area contributed by atoms with Gasteiger partial charge < -0.3 is 5.32 Å². The van der Waals surface area contributed by atoms with Gasteiger partial charge in [-0.15, -0.1) is 0 Å². The molecule has 3 aromatic rings. The van der Waals surface area contributed by atoms with Gasteiger partial charge in [0.05, 0.1) is 16.6 Å². The summed E-state index contributed by atoms with van der Waals surface area (Å²) in [6.45, 7) is 8.33. The van der Waals surface area contributed by atoms with Crippen molar-refractivity contribution in [3.8, 4) is 5.69 Å². The Morgan fingerprint density at radius 1 is 1.07 bits per heavy atom. The van der Waals surface area contributed by atoms with Gasteiger partial charge in [-0.1, -0.05) is 45.0 Å². The maximum absolute atomic E-state index is 13.5. The molecule has 0 fully saturated rings. The van der Waals surface area contributed by atoms with Crippen molar-refractivity contribution in [3.63, 3.8) is 0 Å². The lowest BCUT2D eigenvalue weighted by molar-refractivity contribution is -0.124. The van der Waals surface area contributed by atoms with Gasteiger partial charge >= 0.3 is 5.69 Å². The molecule has 1 amide bonds. The zero-order valence-electron chi connectivity index (χ0n) is 17.3. The van der Waals surface area contributed by atoms with Crippen LogP contribution in [0.5, 0.6) is 0 Å². The topological polar surface area (TPSA) is 73.1 Å². The smallest absolute Gasteiger partial charge is 0.336 e. The SMILES string of the molecule is CCC(C(=O)NCC(C)C)n1c(=O)n(-c2cccc(C)c2)c(=O)c2ccccc21. The second kappa shape index (κ2) is 8.47. The second-order valence-corrected chi connectivity index (χ2v) is 7.71. The summed E-state index contributed by atoms with van der Waals surface area (Å²) in [7, 11) is 0.